The van der Waals surface area contributed by atoms with Crippen LogP contribution in [0.2, 0.25) is 0 Å². The predicted molar refractivity (Wildman–Crippen MR) is 79.4 cm³/mol. The summed E-state index contributed by atoms with van der Waals surface area (Å²) in [6.45, 7) is 3.69. The van der Waals surface area contributed by atoms with Gasteiger partial charge in [-0.05, 0) is 49.9 Å². The van der Waals surface area contributed by atoms with E-state index < -0.39 is 5.97 Å². The van der Waals surface area contributed by atoms with E-state index in [1.807, 2.05) is 13.0 Å². The van der Waals surface area contributed by atoms with Gasteiger partial charge in [-0.1, -0.05) is 41.1 Å². The van der Waals surface area contributed by atoms with Gasteiger partial charge in [0.05, 0.1) is 0 Å². The van der Waals surface area contributed by atoms with Gasteiger partial charge in [0.25, 0.3) is 0 Å². The molecule has 0 aromatic heterocycles. The van der Waals surface area contributed by atoms with Crippen LogP contribution in [-0.2, 0) is 4.79 Å². The molecule has 2 rings (SSSR count). The molecular weight excluding hydrogens is 306 g/mol. The van der Waals surface area contributed by atoms with Crippen LogP contribution in [-0.4, -0.2) is 35.1 Å². The average molecular weight is 326 g/mol. The van der Waals surface area contributed by atoms with E-state index in [4.69, 9.17) is 0 Å². The molecule has 1 heterocycles. The third-order valence-electron chi connectivity index (χ3n) is 3.99. The van der Waals surface area contributed by atoms with E-state index in [0.717, 1.165) is 25.9 Å². The van der Waals surface area contributed by atoms with Crippen LogP contribution in [0.1, 0.15) is 37.7 Å². The Labute approximate surface area is 122 Å². The Balaban J connectivity index is 2.00. The molecular formula is C15H20BrNO2. The lowest BCUT2D eigenvalue weighted by Gasteiger charge is -2.35. The topological polar surface area (TPSA) is 40.5 Å². The maximum Gasteiger partial charge on any atom is 0.320 e. The number of hydrogen-bond acceptors (Lipinski definition) is 2. The molecule has 1 saturated heterocycles. The first-order valence-corrected chi connectivity index (χ1v) is 7.64. The van der Waals surface area contributed by atoms with Gasteiger partial charge >= 0.3 is 5.97 Å². The molecule has 1 aromatic rings. The van der Waals surface area contributed by atoms with Crippen molar-refractivity contribution in [2.24, 2.45) is 0 Å². The van der Waals surface area contributed by atoms with E-state index >= 15 is 0 Å². The summed E-state index contributed by atoms with van der Waals surface area (Å²) < 4.78 is 1.17. The largest absolute Gasteiger partial charge is 0.480 e. The van der Waals surface area contributed by atoms with Crippen molar-refractivity contribution < 1.29 is 9.90 Å². The van der Waals surface area contributed by atoms with Gasteiger partial charge < -0.3 is 5.11 Å². The number of aliphatic carboxylic acids is 1. The lowest BCUT2D eigenvalue weighted by Crippen LogP contribution is -2.45. The van der Waals surface area contributed by atoms with Crippen molar-refractivity contribution in [3.8, 4) is 0 Å². The third-order valence-corrected chi connectivity index (χ3v) is 4.71. The van der Waals surface area contributed by atoms with Crippen LogP contribution < -0.4 is 0 Å². The highest BCUT2D eigenvalue weighted by molar-refractivity contribution is 9.10. The normalized spacial score (nSPS) is 19.3. The fraction of sp³-hybridized carbons (Fsp3) is 0.533. The Morgan fingerprint density at radius 3 is 2.58 bits per heavy atom. The molecule has 0 amide bonds. The van der Waals surface area contributed by atoms with Crippen molar-refractivity contribution in [1.29, 1.82) is 0 Å². The van der Waals surface area contributed by atoms with E-state index in [1.165, 1.54) is 10.0 Å². The Morgan fingerprint density at radius 2 is 2.05 bits per heavy atom. The monoisotopic (exact) mass is 325 g/mol. The summed E-state index contributed by atoms with van der Waals surface area (Å²) in [6, 6.07) is 8.02. The fourth-order valence-corrected chi connectivity index (χ4v) is 3.53. The van der Waals surface area contributed by atoms with Crippen LogP contribution in [0.5, 0.6) is 0 Å². The van der Waals surface area contributed by atoms with Gasteiger partial charge in [-0.15, -0.1) is 0 Å². The number of halogens is 1. The van der Waals surface area contributed by atoms with Crippen LogP contribution in [0.25, 0.3) is 0 Å². The summed E-state index contributed by atoms with van der Waals surface area (Å²) in [7, 11) is 0. The number of carboxylic acids is 1. The zero-order valence-electron chi connectivity index (χ0n) is 11.2. The van der Waals surface area contributed by atoms with Crippen molar-refractivity contribution in [3.63, 3.8) is 0 Å². The molecule has 3 nitrogen and oxygen atoms in total. The van der Waals surface area contributed by atoms with E-state index in [0.29, 0.717) is 12.3 Å². The van der Waals surface area contributed by atoms with E-state index in [1.54, 1.807) is 0 Å². The second-order valence-electron chi connectivity index (χ2n) is 5.09. The van der Waals surface area contributed by atoms with Crippen molar-refractivity contribution in [3.05, 3.63) is 34.3 Å². The molecule has 1 aliphatic heterocycles. The molecule has 1 aliphatic rings. The highest BCUT2D eigenvalue weighted by Gasteiger charge is 2.29. The second-order valence-corrected chi connectivity index (χ2v) is 5.95. The smallest absolute Gasteiger partial charge is 0.320 e. The van der Waals surface area contributed by atoms with Crippen LogP contribution in [0.4, 0.5) is 0 Å². The molecule has 1 unspecified atom stereocenters. The lowest BCUT2D eigenvalue weighted by molar-refractivity contribution is -0.143. The Bertz CT molecular complexity index is 442. The van der Waals surface area contributed by atoms with Crippen molar-refractivity contribution in [2.75, 3.05) is 13.1 Å². The minimum Gasteiger partial charge on any atom is -0.480 e. The maximum absolute atomic E-state index is 11.2. The predicted octanol–water partition coefficient (Wildman–Crippen LogP) is 3.49. The van der Waals surface area contributed by atoms with Crippen LogP contribution in [0, 0.1) is 0 Å². The number of hydrogen-bond donors (Lipinski definition) is 1. The second kappa shape index (κ2) is 6.53. The maximum atomic E-state index is 11.2. The minimum atomic E-state index is -0.693. The summed E-state index contributed by atoms with van der Waals surface area (Å²) in [4.78, 5) is 13.3. The SMILES string of the molecule is CCC(C(=O)O)N1CCC(c2ccccc2Br)CC1. The highest BCUT2D eigenvalue weighted by Crippen LogP contribution is 2.33. The molecule has 1 aromatic carbocycles. The summed E-state index contributed by atoms with van der Waals surface area (Å²) in [6.07, 6.45) is 2.74. The van der Waals surface area contributed by atoms with Crippen molar-refractivity contribution in [1.82, 2.24) is 4.90 Å². The van der Waals surface area contributed by atoms with Crippen LogP contribution >= 0.6 is 15.9 Å². The first-order chi connectivity index (χ1) is 9.13. The zero-order valence-corrected chi connectivity index (χ0v) is 12.8. The minimum absolute atomic E-state index is 0.319. The summed E-state index contributed by atoms with van der Waals surface area (Å²) in [5.74, 6) is -0.153. The molecule has 4 heteroatoms. The summed E-state index contributed by atoms with van der Waals surface area (Å²) in [5.41, 5.74) is 1.35. The molecule has 1 N–H and O–H groups in total. The van der Waals surface area contributed by atoms with Crippen LogP contribution in [0.3, 0.4) is 0 Å². The molecule has 0 spiro atoms. The number of rotatable bonds is 4. The molecule has 19 heavy (non-hydrogen) atoms. The quantitative estimate of drug-likeness (QED) is 0.921. The van der Waals surface area contributed by atoms with Gasteiger partial charge in [-0.2, -0.15) is 0 Å². The molecule has 0 radical (unpaired) electrons. The lowest BCUT2D eigenvalue weighted by atomic mass is 9.89. The van der Waals surface area contributed by atoms with Gasteiger partial charge in [0.1, 0.15) is 6.04 Å². The number of nitrogens with zero attached hydrogens (tertiary/aromatic N) is 1. The van der Waals surface area contributed by atoms with E-state index in [9.17, 15) is 9.90 Å². The van der Waals surface area contributed by atoms with Gasteiger partial charge in [0.15, 0.2) is 0 Å². The number of likely N-dealkylation sites (tertiary alicyclic amines) is 1. The molecule has 104 valence electrons. The third kappa shape index (κ3) is 3.37. The number of carbonyl (C=O) groups is 1. The summed E-state index contributed by atoms with van der Waals surface area (Å²) in [5, 5.41) is 9.20. The van der Waals surface area contributed by atoms with E-state index in [-0.39, 0.29) is 6.04 Å². The number of carboxylic acid groups (broad SMARTS) is 1. The molecule has 1 fully saturated rings. The molecule has 0 aliphatic carbocycles. The van der Waals surface area contributed by atoms with Gasteiger partial charge in [-0.3, -0.25) is 9.69 Å². The first kappa shape index (κ1) is 14.5. The Morgan fingerprint density at radius 1 is 1.42 bits per heavy atom. The van der Waals surface area contributed by atoms with Gasteiger partial charge in [0.2, 0.25) is 0 Å². The Kier molecular flexibility index (Phi) is 4.99. The standard InChI is InChI=1S/C15H20BrNO2/c1-2-14(15(18)19)17-9-7-11(8-10-17)12-5-3-4-6-13(12)16/h3-6,11,14H,2,7-10H2,1H3,(H,18,19). The number of piperidine rings is 1. The van der Waals surface area contributed by atoms with Gasteiger partial charge in [-0.25, -0.2) is 0 Å². The molecule has 0 bridgehead atoms. The van der Waals surface area contributed by atoms with Crippen molar-refractivity contribution >= 4 is 21.9 Å². The highest BCUT2D eigenvalue weighted by atomic mass is 79.9. The first-order valence-electron chi connectivity index (χ1n) is 6.84. The van der Waals surface area contributed by atoms with Gasteiger partial charge in [0, 0.05) is 4.47 Å². The average Bonchev–Trinajstić information content (AvgIpc) is 2.41. The van der Waals surface area contributed by atoms with Crippen molar-refractivity contribution in [2.45, 2.75) is 38.1 Å². The van der Waals surface area contributed by atoms with Crippen LogP contribution in [0.15, 0.2) is 28.7 Å². The summed E-state index contributed by atoms with van der Waals surface area (Å²) >= 11 is 3.61. The number of benzene rings is 1. The van der Waals surface area contributed by atoms with E-state index in [2.05, 4.69) is 39.0 Å². The fourth-order valence-electron chi connectivity index (χ4n) is 2.92. The molecule has 1 atom stereocenters. The zero-order chi connectivity index (χ0) is 13.8. The Hall–Kier alpha value is -0.870. The molecule has 0 saturated carbocycles.